The number of amides is 1. The van der Waals surface area contributed by atoms with E-state index in [0.29, 0.717) is 47.6 Å². The van der Waals surface area contributed by atoms with Crippen LogP contribution in [-0.2, 0) is 0 Å². The maximum atomic E-state index is 13.1. The van der Waals surface area contributed by atoms with E-state index in [4.69, 9.17) is 9.47 Å². The Hall–Kier alpha value is -4.46. The Morgan fingerprint density at radius 1 is 0.818 bits per heavy atom. The van der Waals surface area contributed by atoms with E-state index in [1.165, 1.54) is 12.1 Å². The van der Waals surface area contributed by atoms with Crippen molar-refractivity contribution < 1.29 is 18.7 Å². The molecule has 4 aromatic rings. The predicted octanol–water partition coefficient (Wildman–Crippen LogP) is 5.05. The normalized spacial score (nSPS) is 12.2. The third kappa shape index (κ3) is 4.74. The number of fused-ring (bicyclic) bond motifs is 1. The summed E-state index contributed by atoms with van der Waals surface area (Å²) in [5.41, 5.74) is 3.34. The zero-order chi connectivity index (χ0) is 22.6. The van der Waals surface area contributed by atoms with Crippen molar-refractivity contribution in [3.63, 3.8) is 0 Å². The van der Waals surface area contributed by atoms with E-state index in [1.54, 1.807) is 60.9 Å². The largest absolute Gasteiger partial charge is 0.486 e. The van der Waals surface area contributed by atoms with Crippen LogP contribution in [0, 0.1) is 5.82 Å². The molecule has 1 aliphatic rings. The quantitative estimate of drug-likeness (QED) is 0.450. The lowest BCUT2D eigenvalue weighted by Gasteiger charge is -2.19. The van der Waals surface area contributed by atoms with Gasteiger partial charge in [-0.2, -0.15) is 0 Å². The number of anilines is 3. The van der Waals surface area contributed by atoms with E-state index in [2.05, 4.69) is 20.6 Å². The van der Waals surface area contributed by atoms with Crippen LogP contribution >= 0.6 is 0 Å². The molecule has 0 atom stereocenters. The molecule has 0 fully saturated rings. The van der Waals surface area contributed by atoms with Crippen LogP contribution in [-0.4, -0.2) is 29.1 Å². The Balaban J connectivity index is 1.27. The molecule has 2 heterocycles. The Morgan fingerprint density at radius 3 is 2.36 bits per heavy atom. The second-order valence-electron chi connectivity index (χ2n) is 7.32. The monoisotopic (exact) mass is 442 g/mol. The molecule has 0 saturated heterocycles. The molecule has 7 nitrogen and oxygen atoms in total. The second kappa shape index (κ2) is 8.96. The van der Waals surface area contributed by atoms with Gasteiger partial charge in [-0.1, -0.05) is 18.2 Å². The molecule has 33 heavy (non-hydrogen) atoms. The number of nitrogens with one attached hydrogen (secondary N) is 2. The Labute approximate surface area is 189 Å². The first kappa shape index (κ1) is 20.4. The van der Waals surface area contributed by atoms with E-state index in [9.17, 15) is 9.18 Å². The molecule has 2 N–H and O–H groups in total. The maximum Gasteiger partial charge on any atom is 0.255 e. The molecular weight excluding hydrogens is 423 g/mol. The molecule has 164 valence electrons. The summed E-state index contributed by atoms with van der Waals surface area (Å²) >= 11 is 0. The number of carbonyl (C=O) groups excluding carboxylic acids is 1. The van der Waals surface area contributed by atoms with Crippen molar-refractivity contribution in [3.05, 3.63) is 90.5 Å². The van der Waals surface area contributed by atoms with Gasteiger partial charge >= 0.3 is 0 Å². The molecule has 5 rings (SSSR count). The number of carbonyl (C=O) groups is 1. The van der Waals surface area contributed by atoms with Crippen LogP contribution in [0.5, 0.6) is 11.5 Å². The number of hydrogen-bond donors (Lipinski definition) is 2. The number of hydrogen-bond acceptors (Lipinski definition) is 6. The number of benzene rings is 3. The van der Waals surface area contributed by atoms with Crippen molar-refractivity contribution >= 4 is 23.2 Å². The topological polar surface area (TPSA) is 85.4 Å². The Kier molecular flexibility index (Phi) is 5.55. The van der Waals surface area contributed by atoms with Gasteiger partial charge in [0.2, 0.25) is 5.95 Å². The van der Waals surface area contributed by atoms with Gasteiger partial charge in [0.1, 0.15) is 19.0 Å². The summed E-state index contributed by atoms with van der Waals surface area (Å²) in [4.78, 5) is 21.4. The van der Waals surface area contributed by atoms with Crippen LogP contribution in [0.15, 0.2) is 79.1 Å². The average Bonchev–Trinajstić information content (AvgIpc) is 2.85. The molecule has 8 heteroatoms. The first-order valence-electron chi connectivity index (χ1n) is 10.3. The van der Waals surface area contributed by atoms with Crippen LogP contribution in [0.4, 0.5) is 21.7 Å². The second-order valence-corrected chi connectivity index (χ2v) is 7.32. The van der Waals surface area contributed by atoms with Gasteiger partial charge in [-0.25, -0.2) is 14.4 Å². The van der Waals surface area contributed by atoms with Gasteiger partial charge in [-0.3, -0.25) is 4.79 Å². The third-order valence-corrected chi connectivity index (χ3v) is 5.01. The van der Waals surface area contributed by atoms with Crippen LogP contribution in [0.3, 0.4) is 0 Å². The van der Waals surface area contributed by atoms with Crippen LogP contribution in [0.2, 0.25) is 0 Å². The van der Waals surface area contributed by atoms with Gasteiger partial charge in [0.05, 0.1) is 0 Å². The number of halogens is 1. The molecule has 0 spiro atoms. The highest BCUT2D eigenvalue weighted by Crippen LogP contribution is 2.32. The van der Waals surface area contributed by atoms with Crippen molar-refractivity contribution in [3.8, 4) is 22.6 Å². The number of rotatable bonds is 5. The summed E-state index contributed by atoms with van der Waals surface area (Å²) in [7, 11) is 0. The highest BCUT2D eigenvalue weighted by atomic mass is 19.1. The highest BCUT2D eigenvalue weighted by molar-refractivity contribution is 6.05. The molecule has 0 bridgehead atoms. The molecule has 0 saturated carbocycles. The minimum absolute atomic E-state index is 0.261. The van der Waals surface area contributed by atoms with Crippen LogP contribution in [0.1, 0.15) is 10.4 Å². The fraction of sp³-hybridized carbons (Fsp3) is 0.0800. The van der Waals surface area contributed by atoms with E-state index in [0.717, 1.165) is 11.1 Å². The van der Waals surface area contributed by atoms with Crippen LogP contribution in [0.25, 0.3) is 11.1 Å². The van der Waals surface area contributed by atoms with Gasteiger partial charge in [0, 0.05) is 41.0 Å². The summed E-state index contributed by atoms with van der Waals surface area (Å²) in [6.07, 6.45) is 3.31. The van der Waals surface area contributed by atoms with Crippen molar-refractivity contribution in [2.75, 3.05) is 23.8 Å². The highest BCUT2D eigenvalue weighted by Gasteiger charge is 2.14. The number of ether oxygens (including phenoxy) is 2. The van der Waals surface area contributed by atoms with E-state index in [1.807, 2.05) is 6.07 Å². The fourth-order valence-electron chi connectivity index (χ4n) is 3.38. The minimum atomic E-state index is -0.296. The molecule has 0 unspecified atom stereocenters. The summed E-state index contributed by atoms with van der Waals surface area (Å²) < 4.78 is 24.2. The van der Waals surface area contributed by atoms with E-state index in [-0.39, 0.29) is 11.7 Å². The minimum Gasteiger partial charge on any atom is -0.486 e. The summed E-state index contributed by atoms with van der Waals surface area (Å²) in [6, 6.07) is 18.4. The molecule has 0 radical (unpaired) electrons. The maximum absolute atomic E-state index is 13.1. The lowest BCUT2D eigenvalue weighted by Crippen LogP contribution is -2.16. The first-order valence-corrected chi connectivity index (χ1v) is 10.3. The van der Waals surface area contributed by atoms with Crippen molar-refractivity contribution in [2.24, 2.45) is 0 Å². The lowest BCUT2D eigenvalue weighted by molar-refractivity contribution is 0.102. The van der Waals surface area contributed by atoms with E-state index < -0.39 is 0 Å². The Morgan fingerprint density at radius 2 is 1.58 bits per heavy atom. The summed E-state index contributed by atoms with van der Waals surface area (Å²) in [5, 5.41) is 5.96. The third-order valence-electron chi connectivity index (χ3n) is 5.01. The lowest BCUT2D eigenvalue weighted by atomic mass is 10.1. The van der Waals surface area contributed by atoms with Gasteiger partial charge in [0.25, 0.3) is 5.91 Å². The zero-order valence-electron chi connectivity index (χ0n) is 17.4. The zero-order valence-corrected chi connectivity index (χ0v) is 17.4. The first-order chi connectivity index (χ1) is 16.1. The van der Waals surface area contributed by atoms with Crippen molar-refractivity contribution in [1.29, 1.82) is 0 Å². The van der Waals surface area contributed by atoms with Gasteiger partial charge in [0.15, 0.2) is 11.5 Å². The summed E-state index contributed by atoms with van der Waals surface area (Å²) in [6.45, 7) is 0.988. The average molecular weight is 442 g/mol. The fourth-order valence-corrected chi connectivity index (χ4v) is 3.38. The molecule has 1 aliphatic heterocycles. The number of nitrogens with zero attached hydrogens (tertiary/aromatic N) is 2. The molecule has 0 aliphatic carbocycles. The SMILES string of the molecule is O=C(Nc1ccc2c(c1)OCCO2)c1cccc(Nc2ncc(-c3ccc(F)cc3)cn2)c1. The van der Waals surface area contributed by atoms with Gasteiger partial charge < -0.3 is 20.1 Å². The molecular formula is C25H19FN4O3. The predicted molar refractivity (Wildman–Crippen MR) is 123 cm³/mol. The van der Waals surface area contributed by atoms with Crippen molar-refractivity contribution in [2.45, 2.75) is 0 Å². The van der Waals surface area contributed by atoms with Gasteiger partial charge in [-0.15, -0.1) is 0 Å². The molecule has 1 amide bonds. The Bertz CT molecular complexity index is 1290. The van der Waals surface area contributed by atoms with Crippen molar-refractivity contribution in [1.82, 2.24) is 9.97 Å². The summed E-state index contributed by atoms with van der Waals surface area (Å²) in [5.74, 6) is 1.09. The molecule has 3 aromatic carbocycles. The number of aromatic nitrogens is 2. The molecule has 1 aromatic heterocycles. The standard InChI is InChI=1S/C25H19FN4O3/c26-19-6-4-16(5-7-19)18-14-27-25(28-15-18)30-20-3-1-2-17(12-20)24(31)29-21-8-9-22-23(13-21)33-11-10-32-22/h1-9,12-15H,10-11H2,(H,29,31)(H,27,28,30). The smallest absolute Gasteiger partial charge is 0.255 e. The van der Waals surface area contributed by atoms with Gasteiger partial charge in [-0.05, 0) is 48.0 Å². The van der Waals surface area contributed by atoms with Crippen LogP contribution < -0.4 is 20.1 Å². The van der Waals surface area contributed by atoms with E-state index >= 15 is 0 Å².